The van der Waals surface area contributed by atoms with Crippen LogP contribution in [0, 0.1) is 5.92 Å². The summed E-state index contributed by atoms with van der Waals surface area (Å²) >= 11 is 5.99. The molecule has 7 heteroatoms. The second-order valence-corrected chi connectivity index (χ2v) is 7.11. The topological polar surface area (TPSA) is 71.8 Å². The van der Waals surface area contributed by atoms with Crippen LogP contribution in [0.5, 0.6) is 5.75 Å². The Morgan fingerprint density at radius 2 is 2.11 bits per heavy atom. The van der Waals surface area contributed by atoms with Crippen molar-refractivity contribution in [3.8, 4) is 5.75 Å². The Balaban J connectivity index is 1.46. The van der Waals surface area contributed by atoms with Crippen molar-refractivity contribution in [3.05, 3.63) is 59.0 Å². The fourth-order valence-corrected chi connectivity index (χ4v) is 3.36. The molecule has 2 heterocycles. The molecule has 1 N–H and O–H groups in total. The number of likely N-dealkylation sites (tertiary alicyclic amines) is 1. The van der Waals surface area contributed by atoms with Crippen LogP contribution in [0.15, 0.2) is 47.1 Å². The average Bonchev–Trinajstić information content (AvgIpc) is 3.24. The number of furan rings is 1. The third kappa shape index (κ3) is 5.16. The van der Waals surface area contributed by atoms with Crippen LogP contribution in [0.4, 0.5) is 0 Å². The molecule has 1 aliphatic heterocycles. The van der Waals surface area contributed by atoms with Gasteiger partial charge in [0.05, 0.1) is 18.9 Å². The van der Waals surface area contributed by atoms with Crippen LogP contribution in [0.2, 0.25) is 5.02 Å². The predicted octanol–water partition coefficient (Wildman–Crippen LogP) is 3.62. The predicted molar refractivity (Wildman–Crippen MR) is 107 cm³/mol. The molecular formula is C21H23ClN2O4. The Labute approximate surface area is 169 Å². The number of ether oxygens (including phenoxy) is 1. The first-order valence-corrected chi connectivity index (χ1v) is 9.57. The van der Waals surface area contributed by atoms with Crippen molar-refractivity contribution >= 4 is 29.5 Å². The molecule has 6 nitrogen and oxygen atoms in total. The van der Waals surface area contributed by atoms with Crippen LogP contribution in [0.25, 0.3) is 6.08 Å². The number of amides is 2. The normalized spacial score (nSPS) is 15.0. The first kappa shape index (κ1) is 20.0. The summed E-state index contributed by atoms with van der Waals surface area (Å²) in [5.74, 6) is 1.24. The van der Waals surface area contributed by atoms with Gasteiger partial charge in [-0.2, -0.15) is 0 Å². The number of hydrogen-bond donors (Lipinski definition) is 1. The summed E-state index contributed by atoms with van der Waals surface area (Å²) in [6.07, 6.45) is 6.46. The quantitative estimate of drug-likeness (QED) is 0.749. The highest BCUT2D eigenvalue weighted by molar-refractivity contribution is 6.31. The Hall–Kier alpha value is -2.73. The second kappa shape index (κ2) is 9.46. The minimum Gasteiger partial charge on any atom is -0.496 e. The van der Waals surface area contributed by atoms with Gasteiger partial charge >= 0.3 is 0 Å². The molecule has 1 aromatic carbocycles. The Bertz CT molecular complexity index is 840. The monoisotopic (exact) mass is 402 g/mol. The summed E-state index contributed by atoms with van der Waals surface area (Å²) in [4.78, 5) is 26.5. The summed E-state index contributed by atoms with van der Waals surface area (Å²) in [7, 11) is 1.52. The summed E-state index contributed by atoms with van der Waals surface area (Å²) in [5, 5.41) is 3.44. The number of rotatable bonds is 6. The molecule has 2 aromatic rings. The van der Waals surface area contributed by atoms with Gasteiger partial charge in [-0.15, -0.1) is 0 Å². The lowest BCUT2D eigenvalue weighted by atomic mass is 9.96. The zero-order chi connectivity index (χ0) is 19.9. The fraction of sp³-hybridized carbons (Fsp3) is 0.333. The third-order valence-electron chi connectivity index (χ3n) is 4.82. The highest BCUT2D eigenvalue weighted by Gasteiger charge is 2.22. The smallest absolute Gasteiger partial charge is 0.255 e. The summed E-state index contributed by atoms with van der Waals surface area (Å²) in [6.45, 7) is 1.89. The van der Waals surface area contributed by atoms with Gasteiger partial charge in [0.2, 0.25) is 5.91 Å². The highest BCUT2D eigenvalue weighted by Crippen LogP contribution is 2.23. The van der Waals surface area contributed by atoms with E-state index in [1.807, 2.05) is 4.90 Å². The van der Waals surface area contributed by atoms with E-state index < -0.39 is 0 Å². The first-order valence-electron chi connectivity index (χ1n) is 9.19. The van der Waals surface area contributed by atoms with E-state index in [4.69, 9.17) is 20.8 Å². The SMILES string of the molecule is COc1ccc(Cl)cc1C(=O)NCC1CCN(C(=O)/C=C/c2ccco2)CC1. The maximum atomic E-state index is 12.5. The largest absolute Gasteiger partial charge is 0.496 e. The first-order chi connectivity index (χ1) is 13.6. The molecular weight excluding hydrogens is 380 g/mol. The summed E-state index contributed by atoms with van der Waals surface area (Å²) < 4.78 is 10.4. The number of piperidine rings is 1. The molecule has 3 rings (SSSR count). The van der Waals surface area contributed by atoms with Gasteiger partial charge < -0.3 is 19.4 Å². The number of nitrogens with zero attached hydrogens (tertiary/aromatic N) is 1. The molecule has 0 spiro atoms. The van der Waals surface area contributed by atoms with Crippen molar-refractivity contribution < 1.29 is 18.7 Å². The molecule has 28 heavy (non-hydrogen) atoms. The van der Waals surface area contributed by atoms with Gasteiger partial charge in [-0.05, 0) is 55.2 Å². The number of carbonyl (C=O) groups is 2. The van der Waals surface area contributed by atoms with Gasteiger partial charge in [0.1, 0.15) is 11.5 Å². The third-order valence-corrected chi connectivity index (χ3v) is 5.05. The number of benzene rings is 1. The second-order valence-electron chi connectivity index (χ2n) is 6.67. The Morgan fingerprint density at radius 3 is 2.79 bits per heavy atom. The molecule has 0 bridgehead atoms. The van der Waals surface area contributed by atoms with Crippen molar-refractivity contribution in [1.82, 2.24) is 10.2 Å². The van der Waals surface area contributed by atoms with Gasteiger partial charge in [-0.1, -0.05) is 11.6 Å². The number of carbonyl (C=O) groups excluding carboxylic acids is 2. The summed E-state index contributed by atoms with van der Waals surface area (Å²) in [5.41, 5.74) is 0.422. The van der Waals surface area contributed by atoms with Crippen LogP contribution >= 0.6 is 11.6 Å². The molecule has 0 atom stereocenters. The van der Waals surface area contributed by atoms with Crippen molar-refractivity contribution in [2.24, 2.45) is 5.92 Å². The van der Waals surface area contributed by atoms with Gasteiger partial charge in [0.15, 0.2) is 0 Å². The van der Waals surface area contributed by atoms with E-state index in [0.29, 0.717) is 47.6 Å². The molecule has 1 aromatic heterocycles. The standard InChI is InChI=1S/C21H23ClN2O4/c1-27-19-6-4-16(22)13-18(19)21(26)23-14-15-8-10-24(11-9-15)20(25)7-5-17-3-2-12-28-17/h2-7,12-13,15H,8-11,14H2,1H3,(H,23,26)/b7-5+. The van der Waals surface area contributed by atoms with Gasteiger partial charge in [-0.3, -0.25) is 9.59 Å². The van der Waals surface area contributed by atoms with Crippen molar-refractivity contribution in [2.45, 2.75) is 12.8 Å². The van der Waals surface area contributed by atoms with Crippen LogP contribution in [0.1, 0.15) is 29.0 Å². The number of methoxy groups -OCH3 is 1. The van der Waals surface area contributed by atoms with E-state index in [0.717, 1.165) is 12.8 Å². The molecule has 148 valence electrons. The number of nitrogens with one attached hydrogen (secondary N) is 1. The van der Waals surface area contributed by atoms with E-state index in [1.165, 1.54) is 13.2 Å². The lowest BCUT2D eigenvalue weighted by molar-refractivity contribution is -0.127. The molecule has 0 aliphatic carbocycles. The maximum Gasteiger partial charge on any atom is 0.255 e. The van der Waals surface area contributed by atoms with Crippen LogP contribution < -0.4 is 10.1 Å². The lowest BCUT2D eigenvalue weighted by Crippen LogP contribution is -2.41. The fourth-order valence-electron chi connectivity index (χ4n) is 3.19. The molecule has 1 saturated heterocycles. The minimum absolute atomic E-state index is 0.0254. The zero-order valence-electron chi connectivity index (χ0n) is 15.7. The van der Waals surface area contributed by atoms with Crippen molar-refractivity contribution in [2.75, 3.05) is 26.7 Å². The molecule has 1 fully saturated rings. The maximum absolute atomic E-state index is 12.5. The van der Waals surface area contributed by atoms with Gasteiger partial charge in [-0.25, -0.2) is 0 Å². The van der Waals surface area contributed by atoms with Crippen LogP contribution in [0.3, 0.4) is 0 Å². The van der Waals surface area contributed by atoms with E-state index in [-0.39, 0.29) is 11.8 Å². The minimum atomic E-state index is -0.209. The molecule has 0 saturated carbocycles. The number of halogens is 1. The van der Waals surface area contributed by atoms with Crippen molar-refractivity contribution in [1.29, 1.82) is 0 Å². The Morgan fingerprint density at radius 1 is 1.32 bits per heavy atom. The molecule has 0 radical (unpaired) electrons. The van der Waals surface area contributed by atoms with E-state index in [2.05, 4.69) is 5.32 Å². The van der Waals surface area contributed by atoms with E-state index >= 15 is 0 Å². The summed E-state index contributed by atoms with van der Waals surface area (Å²) in [6, 6.07) is 8.54. The molecule has 2 amide bonds. The highest BCUT2D eigenvalue weighted by atomic mass is 35.5. The van der Waals surface area contributed by atoms with E-state index in [9.17, 15) is 9.59 Å². The Kier molecular flexibility index (Phi) is 6.76. The molecule has 0 unspecified atom stereocenters. The van der Waals surface area contributed by atoms with E-state index in [1.54, 1.807) is 42.7 Å². The van der Waals surface area contributed by atoms with Crippen LogP contribution in [-0.2, 0) is 4.79 Å². The average molecular weight is 403 g/mol. The van der Waals surface area contributed by atoms with Gasteiger partial charge in [0, 0.05) is 30.7 Å². The van der Waals surface area contributed by atoms with Gasteiger partial charge in [0.25, 0.3) is 5.91 Å². The van der Waals surface area contributed by atoms with Crippen LogP contribution in [-0.4, -0.2) is 43.5 Å². The zero-order valence-corrected chi connectivity index (χ0v) is 16.4. The number of hydrogen-bond acceptors (Lipinski definition) is 4. The van der Waals surface area contributed by atoms with Crippen molar-refractivity contribution in [3.63, 3.8) is 0 Å². The molecule has 1 aliphatic rings. The lowest BCUT2D eigenvalue weighted by Gasteiger charge is -2.31.